The molecule has 0 bridgehead atoms. The van der Waals surface area contributed by atoms with E-state index in [4.69, 9.17) is 0 Å². The largest absolute Gasteiger partial charge is 0.312 e. The number of hydrogen-bond acceptors (Lipinski definition) is 2. The molecule has 0 atom stereocenters. The predicted octanol–water partition coefficient (Wildman–Crippen LogP) is 4.08. The molecule has 2 heteroatoms. The molecule has 0 heterocycles. The summed E-state index contributed by atoms with van der Waals surface area (Å²) in [5.41, 5.74) is 1.40. The van der Waals surface area contributed by atoms with Gasteiger partial charge < -0.3 is 5.32 Å². The monoisotopic (exact) mass is 249 g/mol. The van der Waals surface area contributed by atoms with Crippen LogP contribution in [0.5, 0.6) is 0 Å². The number of thioether (sulfide) groups is 1. The third-order valence-corrected chi connectivity index (χ3v) is 4.39. The topological polar surface area (TPSA) is 12.0 Å². The Kier molecular flexibility index (Phi) is 5.40. The third kappa shape index (κ3) is 4.36. The third-order valence-electron chi connectivity index (χ3n) is 3.65. The summed E-state index contributed by atoms with van der Waals surface area (Å²) in [6.45, 7) is 2.22. The van der Waals surface area contributed by atoms with Gasteiger partial charge in [0.15, 0.2) is 0 Å². The smallest absolute Gasteiger partial charge is 0.0205 e. The molecule has 1 aliphatic rings. The lowest BCUT2D eigenvalue weighted by Gasteiger charge is -2.21. The van der Waals surface area contributed by atoms with Crippen LogP contribution in [0.2, 0.25) is 0 Å². The van der Waals surface area contributed by atoms with Gasteiger partial charge in [0.1, 0.15) is 0 Å². The second kappa shape index (κ2) is 7.07. The Balaban J connectivity index is 1.69. The standard InChI is InChI=1S/C15H23NS/c1-17-15-9-7-14(8-10-15)12-16-11-13-5-3-2-4-6-13/h7-10,13,16H,2-6,11-12H2,1H3. The van der Waals surface area contributed by atoms with Gasteiger partial charge in [0, 0.05) is 11.4 Å². The van der Waals surface area contributed by atoms with E-state index < -0.39 is 0 Å². The maximum absolute atomic E-state index is 3.60. The Morgan fingerprint density at radius 2 is 1.82 bits per heavy atom. The molecule has 0 unspecified atom stereocenters. The zero-order valence-electron chi connectivity index (χ0n) is 10.7. The Bertz CT molecular complexity index is 314. The second-order valence-corrected chi connectivity index (χ2v) is 5.86. The van der Waals surface area contributed by atoms with Gasteiger partial charge in [-0.05, 0) is 49.3 Å². The van der Waals surface area contributed by atoms with Crippen molar-refractivity contribution in [3.63, 3.8) is 0 Å². The van der Waals surface area contributed by atoms with Crippen LogP contribution in [-0.2, 0) is 6.54 Å². The summed E-state index contributed by atoms with van der Waals surface area (Å²) in [5, 5.41) is 3.60. The first-order valence-electron chi connectivity index (χ1n) is 6.72. The van der Waals surface area contributed by atoms with Crippen molar-refractivity contribution in [3.8, 4) is 0 Å². The van der Waals surface area contributed by atoms with Gasteiger partial charge in [-0.2, -0.15) is 0 Å². The van der Waals surface area contributed by atoms with E-state index in [9.17, 15) is 0 Å². The van der Waals surface area contributed by atoms with E-state index in [0.29, 0.717) is 0 Å². The summed E-state index contributed by atoms with van der Waals surface area (Å²) in [4.78, 5) is 1.35. The second-order valence-electron chi connectivity index (χ2n) is 4.98. The molecular formula is C15H23NS. The first-order valence-corrected chi connectivity index (χ1v) is 7.94. The van der Waals surface area contributed by atoms with Crippen LogP contribution in [0.15, 0.2) is 29.2 Å². The predicted molar refractivity (Wildman–Crippen MR) is 76.5 cm³/mol. The van der Waals surface area contributed by atoms with E-state index in [0.717, 1.165) is 12.5 Å². The lowest BCUT2D eigenvalue weighted by atomic mass is 9.89. The van der Waals surface area contributed by atoms with E-state index in [1.807, 2.05) is 0 Å². The van der Waals surface area contributed by atoms with Gasteiger partial charge in [-0.3, -0.25) is 0 Å². The highest BCUT2D eigenvalue weighted by atomic mass is 32.2. The molecule has 0 radical (unpaired) electrons. The number of benzene rings is 1. The van der Waals surface area contributed by atoms with Gasteiger partial charge in [-0.15, -0.1) is 11.8 Å². The fraction of sp³-hybridized carbons (Fsp3) is 0.600. The van der Waals surface area contributed by atoms with Crippen LogP contribution in [0.3, 0.4) is 0 Å². The van der Waals surface area contributed by atoms with E-state index in [1.165, 1.54) is 49.1 Å². The van der Waals surface area contributed by atoms with E-state index in [1.54, 1.807) is 11.8 Å². The Hall–Kier alpha value is -0.470. The quantitative estimate of drug-likeness (QED) is 0.789. The summed E-state index contributed by atoms with van der Waals surface area (Å²) >= 11 is 1.80. The molecule has 0 saturated heterocycles. The zero-order valence-corrected chi connectivity index (χ0v) is 11.6. The maximum atomic E-state index is 3.60. The minimum absolute atomic E-state index is 0.925. The van der Waals surface area contributed by atoms with Crippen LogP contribution < -0.4 is 5.32 Å². The summed E-state index contributed by atoms with van der Waals surface area (Å²) in [6, 6.07) is 8.89. The van der Waals surface area contributed by atoms with Crippen molar-refractivity contribution in [2.24, 2.45) is 5.92 Å². The molecule has 0 amide bonds. The summed E-state index contributed by atoms with van der Waals surface area (Å²) < 4.78 is 0. The summed E-state index contributed by atoms with van der Waals surface area (Å²) in [5.74, 6) is 0.925. The average molecular weight is 249 g/mol. The Labute approximate surface area is 109 Å². The van der Waals surface area contributed by atoms with E-state index >= 15 is 0 Å². The molecular weight excluding hydrogens is 226 g/mol. The minimum atomic E-state index is 0.925. The average Bonchev–Trinajstić information content (AvgIpc) is 2.41. The molecule has 1 aromatic rings. The van der Waals surface area contributed by atoms with Crippen molar-refractivity contribution in [1.29, 1.82) is 0 Å². The van der Waals surface area contributed by atoms with Gasteiger partial charge in [0.2, 0.25) is 0 Å². The van der Waals surface area contributed by atoms with Crippen LogP contribution in [-0.4, -0.2) is 12.8 Å². The highest BCUT2D eigenvalue weighted by Gasteiger charge is 2.12. The molecule has 1 saturated carbocycles. The fourth-order valence-electron chi connectivity index (χ4n) is 2.56. The highest BCUT2D eigenvalue weighted by Crippen LogP contribution is 2.22. The minimum Gasteiger partial charge on any atom is -0.312 e. The van der Waals surface area contributed by atoms with Gasteiger partial charge in [0.25, 0.3) is 0 Å². The normalized spacial score (nSPS) is 17.2. The number of hydrogen-bond donors (Lipinski definition) is 1. The summed E-state index contributed by atoms with van der Waals surface area (Å²) in [6.07, 6.45) is 9.31. The molecule has 1 N–H and O–H groups in total. The Morgan fingerprint density at radius 3 is 2.47 bits per heavy atom. The number of nitrogens with one attached hydrogen (secondary N) is 1. The molecule has 0 aliphatic heterocycles. The van der Waals surface area contributed by atoms with Crippen molar-refractivity contribution in [2.75, 3.05) is 12.8 Å². The van der Waals surface area contributed by atoms with Crippen LogP contribution in [0, 0.1) is 5.92 Å². The van der Waals surface area contributed by atoms with Crippen LogP contribution in [0.4, 0.5) is 0 Å². The zero-order chi connectivity index (χ0) is 11.9. The molecule has 1 aliphatic carbocycles. The molecule has 94 valence electrons. The Morgan fingerprint density at radius 1 is 1.12 bits per heavy atom. The summed E-state index contributed by atoms with van der Waals surface area (Å²) in [7, 11) is 0. The van der Waals surface area contributed by atoms with Crippen molar-refractivity contribution in [3.05, 3.63) is 29.8 Å². The first kappa shape index (κ1) is 13.0. The van der Waals surface area contributed by atoms with Crippen LogP contribution >= 0.6 is 11.8 Å². The molecule has 1 aromatic carbocycles. The van der Waals surface area contributed by atoms with Crippen LogP contribution in [0.1, 0.15) is 37.7 Å². The van der Waals surface area contributed by atoms with Crippen molar-refractivity contribution in [2.45, 2.75) is 43.5 Å². The lowest BCUT2D eigenvalue weighted by molar-refractivity contribution is 0.342. The SMILES string of the molecule is CSc1ccc(CNCC2CCCCC2)cc1. The molecule has 0 spiro atoms. The molecule has 17 heavy (non-hydrogen) atoms. The fourth-order valence-corrected chi connectivity index (χ4v) is 2.96. The van der Waals surface area contributed by atoms with Gasteiger partial charge >= 0.3 is 0 Å². The maximum Gasteiger partial charge on any atom is 0.0205 e. The lowest BCUT2D eigenvalue weighted by Crippen LogP contribution is -2.24. The van der Waals surface area contributed by atoms with Crippen molar-refractivity contribution >= 4 is 11.8 Å². The number of rotatable bonds is 5. The molecule has 1 nitrogen and oxygen atoms in total. The molecule has 2 rings (SSSR count). The highest BCUT2D eigenvalue weighted by molar-refractivity contribution is 7.98. The first-order chi connectivity index (χ1) is 8.38. The van der Waals surface area contributed by atoms with Gasteiger partial charge in [0.05, 0.1) is 0 Å². The van der Waals surface area contributed by atoms with Crippen molar-refractivity contribution in [1.82, 2.24) is 5.32 Å². The van der Waals surface area contributed by atoms with E-state index in [2.05, 4.69) is 35.8 Å². The van der Waals surface area contributed by atoms with Gasteiger partial charge in [-0.1, -0.05) is 31.4 Å². The van der Waals surface area contributed by atoms with Crippen LogP contribution in [0.25, 0.3) is 0 Å². The van der Waals surface area contributed by atoms with Gasteiger partial charge in [-0.25, -0.2) is 0 Å². The van der Waals surface area contributed by atoms with Crippen molar-refractivity contribution < 1.29 is 0 Å². The van der Waals surface area contributed by atoms with E-state index in [-0.39, 0.29) is 0 Å². The molecule has 1 fully saturated rings. The molecule has 0 aromatic heterocycles.